The number of nitrogens with zero attached hydrogens (tertiary/aromatic N) is 1. The zero-order chi connectivity index (χ0) is 25.4. The number of phenols is 1. The van der Waals surface area contributed by atoms with Crippen molar-refractivity contribution in [2.75, 3.05) is 6.61 Å². The van der Waals surface area contributed by atoms with Gasteiger partial charge in [0.15, 0.2) is 0 Å². The van der Waals surface area contributed by atoms with Crippen molar-refractivity contribution in [3.8, 4) is 5.75 Å². The molecule has 7 nitrogen and oxygen atoms in total. The average molecular weight is 493 g/mol. The number of phenolic OH excluding ortho intramolecular Hbond substituents is 1. The van der Waals surface area contributed by atoms with E-state index >= 15 is 0 Å². The Bertz CT molecular complexity index is 1060. The van der Waals surface area contributed by atoms with Crippen LogP contribution < -0.4 is 0 Å². The third-order valence-electron chi connectivity index (χ3n) is 8.58. The first-order valence-corrected chi connectivity index (χ1v) is 13.4. The SMILES string of the molecule is C/C(=C\c1ccc(O)cc1)CC[C@H]1OB(O)C[C@H]2C1=C(CO)C[C@H]1C(=O)N(C3CCCCC3)C(=O)[C@H]12. The summed E-state index contributed by atoms with van der Waals surface area (Å²) in [6, 6.07) is 6.99. The minimum absolute atomic E-state index is 0.0152. The van der Waals surface area contributed by atoms with E-state index in [4.69, 9.17) is 4.65 Å². The monoisotopic (exact) mass is 493 g/mol. The Morgan fingerprint density at radius 3 is 2.53 bits per heavy atom. The van der Waals surface area contributed by atoms with Crippen molar-refractivity contribution < 1.29 is 29.5 Å². The van der Waals surface area contributed by atoms with Crippen molar-refractivity contribution >= 4 is 25.0 Å². The lowest BCUT2D eigenvalue weighted by Gasteiger charge is -2.43. The molecule has 2 aliphatic carbocycles. The van der Waals surface area contributed by atoms with Gasteiger partial charge in [0.05, 0.1) is 24.5 Å². The van der Waals surface area contributed by atoms with Crippen LogP contribution in [0.25, 0.3) is 6.08 Å². The normalized spacial score (nSPS) is 29.6. The van der Waals surface area contributed by atoms with E-state index in [-0.39, 0.29) is 42.5 Å². The van der Waals surface area contributed by atoms with Gasteiger partial charge in [0.25, 0.3) is 0 Å². The number of aliphatic hydroxyl groups is 1. The molecule has 0 spiro atoms. The second kappa shape index (κ2) is 10.5. The predicted molar refractivity (Wildman–Crippen MR) is 137 cm³/mol. The standard InChI is InChI=1S/C28H36BNO6/c1-17(13-18-8-10-21(32)11-9-18)7-12-24-25-19(16-31)14-22-26(23(25)15-29(35)36-24)28(34)30(27(22)33)20-5-3-2-4-6-20/h8-11,13,20,22-24,26,31-32,35H,2-7,12,14-16H2,1H3/b17-13+/t22-,23+,24-,26-/m1/s1. The summed E-state index contributed by atoms with van der Waals surface area (Å²) in [5, 5.41) is 30.4. The van der Waals surface area contributed by atoms with Crippen LogP contribution in [-0.4, -0.2) is 57.8 Å². The molecule has 2 heterocycles. The fourth-order valence-electron chi connectivity index (χ4n) is 6.92. The molecule has 0 aromatic heterocycles. The molecule has 2 aliphatic heterocycles. The molecule has 1 aromatic rings. The van der Waals surface area contributed by atoms with Crippen LogP contribution >= 0.6 is 0 Å². The number of amides is 2. The van der Waals surface area contributed by atoms with Gasteiger partial charge in [-0.3, -0.25) is 14.5 Å². The molecule has 1 saturated carbocycles. The number of fused-ring (bicyclic) bond motifs is 3. The Morgan fingerprint density at radius 2 is 1.83 bits per heavy atom. The van der Waals surface area contributed by atoms with Crippen molar-refractivity contribution in [3.63, 3.8) is 0 Å². The molecule has 5 rings (SSSR count). The summed E-state index contributed by atoms with van der Waals surface area (Å²) in [4.78, 5) is 28.7. The van der Waals surface area contributed by atoms with Crippen LogP contribution in [0.2, 0.25) is 6.32 Å². The number of aliphatic hydroxyl groups excluding tert-OH is 1. The van der Waals surface area contributed by atoms with E-state index in [0.29, 0.717) is 19.3 Å². The fraction of sp³-hybridized carbons (Fsp3) is 0.571. The lowest BCUT2D eigenvalue weighted by atomic mass is 9.58. The summed E-state index contributed by atoms with van der Waals surface area (Å²) < 4.78 is 5.97. The summed E-state index contributed by atoms with van der Waals surface area (Å²) in [6.45, 7) is 1.86. The van der Waals surface area contributed by atoms with Crippen LogP contribution in [0.15, 0.2) is 41.0 Å². The maximum absolute atomic E-state index is 13.7. The number of carbonyl (C=O) groups is 2. The Hall–Kier alpha value is -2.42. The van der Waals surface area contributed by atoms with E-state index in [2.05, 4.69) is 6.08 Å². The zero-order valence-electron chi connectivity index (χ0n) is 20.9. The molecule has 4 atom stereocenters. The maximum atomic E-state index is 13.7. The second-order valence-corrected chi connectivity index (χ2v) is 10.9. The van der Waals surface area contributed by atoms with Crippen molar-refractivity contribution in [1.82, 2.24) is 4.90 Å². The topological polar surface area (TPSA) is 107 Å². The number of imide groups is 1. The number of aromatic hydroxyl groups is 1. The van der Waals surface area contributed by atoms with E-state index in [9.17, 15) is 24.8 Å². The highest BCUT2D eigenvalue weighted by Crippen LogP contribution is 2.51. The van der Waals surface area contributed by atoms with Gasteiger partial charge in [-0.05, 0) is 80.1 Å². The molecule has 3 N–H and O–H groups in total. The second-order valence-electron chi connectivity index (χ2n) is 10.9. The van der Waals surface area contributed by atoms with Crippen molar-refractivity contribution in [1.29, 1.82) is 0 Å². The van der Waals surface area contributed by atoms with Crippen LogP contribution in [0, 0.1) is 17.8 Å². The lowest BCUT2D eigenvalue weighted by molar-refractivity contribution is -0.143. The number of likely N-dealkylation sites (tertiary alicyclic amines) is 1. The molecular formula is C28H36BNO6. The Labute approximate surface area is 213 Å². The molecule has 192 valence electrons. The zero-order valence-corrected chi connectivity index (χ0v) is 20.9. The number of benzene rings is 1. The Kier molecular flexibility index (Phi) is 7.38. The number of carbonyl (C=O) groups excluding carboxylic acids is 2. The summed E-state index contributed by atoms with van der Waals surface area (Å²) in [5.74, 6) is -1.16. The fourth-order valence-corrected chi connectivity index (χ4v) is 6.92. The van der Waals surface area contributed by atoms with Crippen molar-refractivity contribution in [2.24, 2.45) is 17.8 Å². The molecular weight excluding hydrogens is 457 g/mol. The van der Waals surface area contributed by atoms with Crippen LogP contribution in [0.3, 0.4) is 0 Å². The van der Waals surface area contributed by atoms with Crippen LogP contribution in [0.1, 0.15) is 63.9 Å². The molecule has 4 aliphatic rings. The first-order chi connectivity index (χ1) is 17.4. The van der Waals surface area contributed by atoms with Gasteiger partial charge in [-0.2, -0.15) is 0 Å². The van der Waals surface area contributed by atoms with Gasteiger partial charge in [0.1, 0.15) is 5.75 Å². The summed E-state index contributed by atoms with van der Waals surface area (Å²) >= 11 is 0. The maximum Gasteiger partial charge on any atom is 0.455 e. The molecule has 36 heavy (non-hydrogen) atoms. The van der Waals surface area contributed by atoms with Crippen LogP contribution in [0.5, 0.6) is 5.75 Å². The van der Waals surface area contributed by atoms with Crippen molar-refractivity contribution in [2.45, 2.75) is 76.8 Å². The van der Waals surface area contributed by atoms with E-state index < -0.39 is 25.1 Å². The van der Waals surface area contributed by atoms with E-state index in [1.54, 1.807) is 17.0 Å². The van der Waals surface area contributed by atoms with Gasteiger partial charge in [-0.25, -0.2) is 0 Å². The Morgan fingerprint density at radius 1 is 1.11 bits per heavy atom. The number of hydrogen-bond donors (Lipinski definition) is 3. The van der Waals surface area contributed by atoms with Gasteiger partial charge in [-0.15, -0.1) is 0 Å². The molecule has 1 aromatic carbocycles. The third-order valence-corrected chi connectivity index (χ3v) is 8.58. The smallest absolute Gasteiger partial charge is 0.455 e. The summed E-state index contributed by atoms with van der Waals surface area (Å²) in [5.41, 5.74) is 3.83. The van der Waals surface area contributed by atoms with E-state index in [1.807, 2.05) is 19.1 Å². The van der Waals surface area contributed by atoms with Gasteiger partial charge < -0.3 is 19.9 Å². The minimum atomic E-state index is -1.00. The molecule has 8 heteroatoms. The van der Waals surface area contributed by atoms with E-state index in [1.165, 1.54) is 0 Å². The van der Waals surface area contributed by atoms with Crippen LogP contribution in [-0.2, 0) is 14.2 Å². The number of hydrogen-bond acceptors (Lipinski definition) is 6. The summed E-state index contributed by atoms with van der Waals surface area (Å²) in [7, 11) is -1.00. The third kappa shape index (κ3) is 4.78. The lowest BCUT2D eigenvalue weighted by Crippen LogP contribution is -2.47. The van der Waals surface area contributed by atoms with Gasteiger partial charge >= 0.3 is 7.12 Å². The highest BCUT2D eigenvalue weighted by atomic mass is 16.5. The molecule has 2 saturated heterocycles. The van der Waals surface area contributed by atoms with Gasteiger partial charge in [0.2, 0.25) is 11.8 Å². The predicted octanol–water partition coefficient (Wildman–Crippen LogP) is 3.70. The highest BCUT2D eigenvalue weighted by Gasteiger charge is 2.58. The highest BCUT2D eigenvalue weighted by molar-refractivity contribution is 6.43. The Balaban J connectivity index is 1.37. The quantitative estimate of drug-likeness (QED) is 0.317. The molecule has 0 radical (unpaired) electrons. The van der Waals surface area contributed by atoms with Crippen molar-refractivity contribution in [3.05, 3.63) is 46.5 Å². The van der Waals surface area contributed by atoms with E-state index in [0.717, 1.165) is 54.4 Å². The number of allylic oxidation sites excluding steroid dienone is 1. The number of rotatable bonds is 6. The molecule has 0 unspecified atom stereocenters. The van der Waals surface area contributed by atoms with Gasteiger partial charge in [-0.1, -0.05) is 43.0 Å². The largest absolute Gasteiger partial charge is 0.508 e. The first-order valence-electron chi connectivity index (χ1n) is 13.4. The van der Waals surface area contributed by atoms with Gasteiger partial charge in [0, 0.05) is 6.04 Å². The summed E-state index contributed by atoms with van der Waals surface area (Å²) in [6.07, 6.45) is 8.60. The van der Waals surface area contributed by atoms with Crippen LogP contribution in [0.4, 0.5) is 0 Å². The average Bonchev–Trinajstić information content (AvgIpc) is 3.13. The minimum Gasteiger partial charge on any atom is -0.508 e. The molecule has 0 bridgehead atoms. The first kappa shape index (κ1) is 25.2. The molecule has 3 fully saturated rings. The molecule has 2 amide bonds.